The van der Waals surface area contributed by atoms with Crippen LogP contribution in [0.5, 0.6) is 0 Å². The molecule has 1 aliphatic heterocycles. The molecule has 1 saturated heterocycles. The maximum Gasteiger partial charge on any atom is 0.161 e. The highest BCUT2D eigenvalue weighted by molar-refractivity contribution is 7.84. The molecule has 5 nitrogen and oxygen atoms in total. The van der Waals surface area contributed by atoms with E-state index < -0.39 is 10.8 Å². The van der Waals surface area contributed by atoms with E-state index in [0.29, 0.717) is 24.8 Å². The second kappa shape index (κ2) is 8.41. The molecule has 3 aromatic rings. The molecule has 138 valence electrons. The summed E-state index contributed by atoms with van der Waals surface area (Å²) in [6.45, 7) is 2.98. The number of aromatic nitrogens is 2. The van der Waals surface area contributed by atoms with E-state index in [1.807, 2.05) is 66.7 Å². The van der Waals surface area contributed by atoms with Gasteiger partial charge in [-0.05, 0) is 12.1 Å². The molecule has 0 saturated carbocycles. The number of ether oxygens (including phenoxy) is 1. The zero-order valence-electron chi connectivity index (χ0n) is 15.0. The summed E-state index contributed by atoms with van der Waals surface area (Å²) in [5, 5.41) is 0. The number of hydrogen-bond acceptors (Lipinski definition) is 5. The number of nitrogens with zero attached hydrogens (tertiary/aromatic N) is 3. The minimum Gasteiger partial charge on any atom is -0.378 e. The lowest BCUT2D eigenvalue weighted by Gasteiger charge is -2.28. The van der Waals surface area contributed by atoms with Crippen LogP contribution in [-0.2, 0) is 21.3 Å². The fraction of sp³-hybridized carbons (Fsp3) is 0.238. The molecule has 0 spiro atoms. The SMILES string of the molecule is O=[S@](Cc1cc(N2CCOCC2)nc(-c2ccccc2)n1)c1ccccc1. The average molecular weight is 379 g/mol. The number of morpholine rings is 1. The summed E-state index contributed by atoms with van der Waals surface area (Å²) in [6, 6.07) is 21.4. The molecule has 1 aromatic heterocycles. The fourth-order valence-electron chi connectivity index (χ4n) is 3.02. The predicted molar refractivity (Wildman–Crippen MR) is 107 cm³/mol. The first kappa shape index (κ1) is 17.8. The Balaban J connectivity index is 1.68. The lowest BCUT2D eigenvalue weighted by Crippen LogP contribution is -2.37. The molecule has 2 aromatic carbocycles. The van der Waals surface area contributed by atoms with Gasteiger partial charge in [0.2, 0.25) is 0 Å². The smallest absolute Gasteiger partial charge is 0.161 e. The van der Waals surface area contributed by atoms with Crippen molar-refractivity contribution >= 4 is 16.6 Å². The first-order valence-electron chi connectivity index (χ1n) is 8.99. The zero-order chi connectivity index (χ0) is 18.5. The maximum absolute atomic E-state index is 12.8. The molecule has 4 rings (SSSR count). The van der Waals surface area contributed by atoms with Crippen molar-refractivity contribution in [3.05, 3.63) is 72.4 Å². The summed E-state index contributed by atoms with van der Waals surface area (Å²) in [5.74, 6) is 1.90. The van der Waals surface area contributed by atoms with Crippen LogP contribution in [-0.4, -0.2) is 40.5 Å². The lowest BCUT2D eigenvalue weighted by molar-refractivity contribution is 0.122. The summed E-state index contributed by atoms with van der Waals surface area (Å²) in [7, 11) is -1.15. The van der Waals surface area contributed by atoms with Gasteiger partial charge in [0.1, 0.15) is 5.82 Å². The van der Waals surface area contributed by atoms with Crippen molar-refractivity contribution in [1.29, 1.82) is 0 Å². The Kier molecular flexibility index (Phi) is 5.55. The van der Waals surface area contributed by atoms with E-state index in [2.05, 4.69) is 4.90 Å². The molecule has 0 amide bonds. The monoisotopic (exact) mass is 379 g/mol. The van der Waals surface area contributed by atoms with Crippen LogP contribution in [0.4, 0.5) is 5.82 Å². The van der Waals surface area contributed by atoms with Crippen LogP contribution in [0.3, 0.4) is 0 Å². The quantitative estimate of drug-likeness (QED) is 0.681. The van der Waals surface area contributed by atoms with Gasteiger partial charge in [-0.1, -0.05) is 48.5 Å². The van der Waals surface area contributed by atoms with Crippen molar-refractivity contribution in [2.75, 3.05) is 31.2 Å². The summed E-state index contributed by atoms with van der Waals surface area (Å²) >= 11 is 0. The van der Waals surface area contributed by atoms with Crippen molar-refractivity contribution in [3.63, 3.8) is 0 Å². The average Bonchev–Trinajstić information content (AvgIpc) is 2.75. The van der Waals surface area contributed by atoms with Gasteiger partial charge in [0.15, 0.2) is 5.82 Å². The van der Waals surface area contributed by atoms with Crippen LogP contribution in [0.2, 0.25) is 0 Å². The van der Waals surface area contributed by atoms with Gasteiger partial charge in [-0.3, -0.25) is 4.21 Å². The van der Waals surface area contributed by atoms with E-state index in [0.717, 1.165) is 35.1 Å². The van der Waals surface area contributed by atoms with Gasteiger partial charge in [-0.25, -0.2) is 9.97 Å². The van der Waals surface area contributed by atoms with E-state index in [1.165, 1.54) is 0 Å². The zero-order valence-corrected chi connectivity index (χ0v) is 15.8. The second-order valence-corrected chi connectivity index (χ2v) is 7.76. The van der Waals surface area contributed by atoms with E-state index >= 15 is 0 Å². The van der Waals surface area contributed by atoms with Gasteiger partial charge >= 0.3 is 0 Å². The Morgan fingerprint density at radius 2 is 1.59 bits per heavy atom. The molecular formula is C21H21N3O2S. The highest BCUT2D eigenvalue weighted by atomic mass is 32.2. The molecule has 1 fully saturated rings. The van der Waals surface area contributed by atoms with Crippen molar-refractivity contribution in [3.8, 4) is 11.4 Å². The van der Waals surface area contributed by atoms with Crippen LogP contribution in [0.1, 0.15) is 5.69 Å². The standard InChI is InChI=1S/C21H21N3O2S/c25-27(19-9-5-2-6-10-19)16-18-15-20(24-11-13-26-14-12-24)23-21(22-18)17-7-3-1-4-8-17/h1-10,15H,11-14,16H2/t27-/m1/s1. The van der Waals surface area contributed by atoms with E-state index in [-0.39, 0.29) is 0 Å². The topological polar surface area (TPSA) is 55.3 Å². The van der Waals surface area contributed by atoms with Crippen LogP contribution >= 0.6 is 0 Å². The summed E-state index contributed by atoms with van der Waals surface area (Å²) < 4.78 is 18.2. The molecule has 0 unspecified atom stereocenters. The molecule has 2 heterocycles. The highest BCUT2D eigenvalue weighted by Gasteiger charge is 2.17. The van der Waals surface area contributed by atoms with Gasteiger partial charge in [0.25, 0.3) is 0 Å². The molecule has 0 radical (unpaired) electrons. The first-order valence-corrected chi connectivity index (χ1v) is 10.3. The van der Waals surface area contributed by atoms with E-state index in [1.54, 1.807) is 0 Å². The summed E-state index contributed by atoms with van der Waals surface area (Å²) in [5.41, 5.74) is 1.74. The van der Waals surface area contributed by atoms with Crippen LogP contribution in [0.15, 0.2) is 71.6 Å². The van der Waals surface area contributed by atoms with Crippen molar-refractivity contribution in [2.24, 2.45) is 0 Å². The highest BCUT2D eigenvalue weighted by Crippen LogP contribution is 2.22. The van der Waals surface area contributed by atoms with E-state index in [9.17, 15) is 4.21 Å². The third-order valence-corrected chi connectivity index (χ3v) is 5.77. The molecule has 0 aliphatic carbocycles. The number of benzene rings is 2. The van der Waals surface area contributed by atoms with Gasteiger partial charge in [-0.2, -0.15) is 0 Å². The lowest BCUT2D eigenvalue weighted by atomic mass is 10.2. The molecule has 6 heteroatoms. The summed E-state index contributed by atoms with van der Waals surface area (Å²) in [4.78, 5) is 12.5. The Bertz CT molecular complexity index is 913. The predicted octanol–water partition coefficient (Wildman–Crippen LogP) is 3.29. The summed E-state index contributed by atoms with van der Waals surface area (Å²) in [6.07, 6.45) is 0. The Morgan fingerprint density at radius 3 is 2.30 bits per heavy atom. The van der Waals surface area contributed by atoms with Gasteiger partial charge in [0.05, 0.1) is 35.5 Å². The van der Waals surface area contributed by atoms with Crippen LogP contribution in [0.25, 0.3) is 11.4 Å². The molecule has 0 N–H and O–H groups in total. The fourth-order valence-corrected chi connectivity index (χ4v) is 4.06. The number of hydrogen-bond donors (Lipinski definition) is 0. The Hall–Kier alpha value is -2.57. The Labute approximate surface area is 161 Å². The normalized spacial score (nSPS) is 15.5. The maximum atomic E-state index is 12.8. The largest absolute Gasteiger partial charge is 0.378 e. The molecular weight excluding hydrogens is 358 g/mol. The number of rotatable bonds is 5. The minimum atomic E-state index is -1.15. The van der Waals surface area contributed by atoms with Crippen molar-refractivity contribution in [2.45, 2.75) is 10.6 Å². The van der Waals surface area contributed by atoms with Gasteiger partial charge in [0, 0.05) is 29.6 Å². The van der Waals surface area contributed by atoms with E-state index in [4.69, 9.17) is 14.7 Å². The Morgan fingerprint density at radius 1 is 0.926 bits per heavy atom. The van der Waals surface area contributed by atoms with Crippen LogP contribution in [0, 0.1) is 0 Å². The number of anilines is 1. The molecule has 27 heavy (non-hydrogen) atoms. The first-order chi connectivity index (χ1) is 13.3. The third-order valence-electron chi connectivity index (χ3n) is 4.42. The second-order valence-electron chi connectivity index (χ2n) is 6.31. The van der Waals surface area contributed by atoms with Crippen molar-refractivity contribution in [1.82, 2.24) is 9.97 Å². The third kappa shape index (κ3) is 4.40. The minimum absolute atomic E-state index is 0.365. The molecule has 1 atom stereocenters. The van der Waals surface area contributed by atoms with Gasteiger partial charge < -0.3 is 9.64 Å². The van der Waals surface area contributed by atoms with Gasteiger partial charge in [-0.15, -0.1) is 0 Å². The molecule has 1 aliphatic rings. The van der Waals surface area contributed by atoms with Crippen molar-refractivity contribution < 1.29 is 8.95 Å². The molecule has 0 bridgehead atoms. The van der Waals surface area contributed by atoms with Crippen LogP contribution < -0.4 is 4.90 Å².